The number of hydrogen-bond acceptors (Lipinski definition) is 1. The number of benzene rings is 1. The van der Waals surface area contributed by atoms with E-state index in [9.17, 15) is 4.39 Å². The molecule has 0 radical (unpaired) electrons. The first-order valence-corrected chi connectivity index (χ1v) is 5.02. The fourth-order valence-electron chi connectivity index (χ4n) is 1.80. The zero-order valence-corrected chi connectivity index (χ0v) is 8.47. The van der Waals surface area contributed by atoms with Gasteiger partial charge in [0.15, 0.2) is 0 Å². The average molecular weight is 212 g/mol. The molecule has 3 rings (SSSR count). The molecule has 0 atom stereocenters. The standard InChI is InChI=1S/C13H9FN2/c14-11-4-1-5-12(9-11)16-8-6-10-3-2-7-15-13(10)16/h1-9H. The molecule has 2 nitrogen and oxygen atoms in total. The van der Waals surface area contributed by atoms with Crippen LogP contribution in [0.4, 0.5) is 4.39 Å². The normalized spacial score (nSPS) is 10.8. The summed E-state index contributed by atoms with van der Waals surface area (Å²) < 4.78 is 15.0. The maximum Gasteiger partial charge on any atom is 0.144 e. The van der Waals surface area contributed by atoms with Crippen LogP contribution in [0, 0.1) is 5.82 Å². The summed E-state index contributed by atoms with van der Waals surface area (Å²) in [6.45, 7) is 0. The molecule has 0 unspecified atom stereocenters. The van der Waals surface area contributed by atoms with Crippen LogP contribution >= 0.6 is 0 Å². The number of nitrogens with zero attached hydrogens (tertiary/aromatic N) is 2. The van der Waals surface area contributed by atoms with Gasteiger partial charge >= 0.3 is 0 Å². The molecule has 0 aliphatic heterocycles. The van der Waals surface area contributed by atoms with E-state index in [4.69, 9.17) is 0 Å². The van der Waals surface area contributed by atoms with E-state index in [1.165, 1.54) is 12.1 Å². The first-order valence-electron chi connectivity index (χ1n) is 5.02. The Kier molecular flexibility index (Phi) is 1.96. The third kappa shape index (κ3) is 1.37. The Balaban J connectivity index is 2.26. The third-order valence-corrected chi connectivity index (χ3v) is 2.53. The van der Waals surface area contributed by atoms with Gasteiger partial charge in [-0.2, -0.15) is 0 Å². The highest BCUT2D eigenvalue weighted by molar-refractivity contribution is 5.77. The van der Waals surface area contributed by atoms with Gasteiger partial charge in [0.25, 0.3) is 0 Å². The lowest BCUT2D eigenvalue weighted by molar-refractivity contribution is 0.627. The highest BCUT2D eigenvalue weighted by atomic mass is 19.1. The minimum absolute atomic E-state index is 0.240. The molecule has 78 valence electrons. The minimum Gasteiger partial charge on any atom is -0.301 e. The lowest BCUT2D eigenvalue weighted by atomic mass is 10.3. The van der Waals surface area contributed by atoms with Crippen LogP contribution in [-0.2, 0) is 0 Å². The molecule has 0 aliphatic rings. The fraction of sp³-hybridized carbons (Fsp3) is 0. The van der Waals surface area contributed by atoms with Crippen molar-refractivity contribution in [3.63, 3.8) is 0 Å². The Bertz CT molecular complexity index is 643. The number of halogens is 1. The van der Waals surface area contributed by atoms with Crippen LogP contribution in [0.5, 0.6) is 0 Å². The van der Waals surface area contributed by atoms with Crippen LogP contribution < -0.4 is 0 Å². The molecule has 1 aromatic carbocycles. The highest BCUT2D eigenvalue weighted by Gasteiger charge is 2.03. The van der Waals surface area contributed by atoms with Gasteiger partial charge in [-0.05, 0) is 36.4 Å². The molecule has 0 spiro atoms. The monoisotopic (exact) mass is 212 g/mol. The molecule has 3 heteroatoms. The second-order valence-electron chi connectivity index (χ2n) is 3.58. The first kappa shape index (κ1) is 9.09. The van der Waals surface area contributed by atoms with Gasteiger partial charge in [0.05, 0.1) is 0 Å². The molecule has 16 heavy (non-hydrogen) atoms. The summed E-state index contributed by atoms with van der Waals surface area (Å²) >= 11 is 0. The molecular weight excluding hydrogens is 203 g/mol. The van der Waals surface area contributed by atoms with Crippen LogP contribution in [0.1, 0.15) is 0 Å². The smallest absolute Gasteiger partial charge is 0.144 e. The number of aromatic nitrogens is 2. The van der Waals surface area contributed by atoms with Crippen molar-refractivity contribution in [1.29, 1.82) is 0 Å². The van der Waals surface area contributed by atoms with E-state index < -0.39 is 0 Å². The van der Waals surface area contributed by atoms with E-state index in [1.54, 1.807) is 12.3 Å². The second-order valence-corrected chi connectivity index (χ2v) is 3.58. The van der Waals surface area contributed by atoms with Crippen LogP contribution in [0.25, 0.3) is 16.7 Å². The maximum atomic E-state index is 13.1. The van der Waals surface area contributed by atoms with E-state index in [1.807, 2.05) is 35.0 Å². The first-order chi connectivity index (χ1) is 7.84. The summed E-state index contributed by atoms with van der Waals surface area (Å²) in [6.07, 6.45) is 3.63. The van der Waals surface area contributed by atoms with E-state index in [0.717, 1.165) is 16.7 Å². The third-order valence-electron chi connectivity index (χ3n) is 2.53. The van der Waals surface area contributed by atoms with E-state index in [-0.39, 0.29) is 5.82 Å². The molecule has 0 saturated carbocycles. The van der Waals surface area contributed by atoms with Crippen molar-refractivity contribution in [1.82, 2.24) is 9.55 Å². The SMILES string of the molecule is Fc1cccc(-n2ccc3cccnc32)c1. The van der Waals surface area contributed by atoms with Gasteiger partial charge in [-0.15, -0.1) is 0 Å². The van der Waals surface area contributed by atoms with Gasteiger partial charge in [-0.25, -0.2) is 9.37 Å². The van der Waals surface area contributed by atoms with Crippen LogP contribution in [-0.4, -0.2) is 9.55 Å². The van der Waals surface area contributed by atoms with Crippen molar-refractivity contribution in [2.24, 2.45) is 0 Å². The van der Waals surface area contributed by atoms with Crippen molar-refractivity contribution < 1.29 is 4.39 Å². The Labute approximate surface area is 92.0 Å². The molecule has 0 N–H and O–H groups in total. The van der Waals surface area contributed by atoms with E-state index in [2.05, 4.69) is 4.98 Å². The Morgan fingerprint density at radius 2 is 2.00 bits per heavy atom. The van der Waals surface area contributed by atoms with Gasteiger partial charge in [0.2, 0.25) is 0 Å². The molecule has 0 amide bonds. The van der Waals surface area contributed by atoms with Crippen molar-refractivity contribution in [3.05, 3.63) is 60.7 Å². The van der Waals surface area contributed by atoms with E-state index in [0.29, 0.717) is 0 Å². The number of fused-ring (bicyclic) bond motifs is 1. The molecule has 2 heterocycles. The summed E-state index contributed by atoms with van der Waals surface area (Å²) in [7, 11) is 0. The van der Waals surface area contributed by atoms with Crippen LogP contribution in [0.2, 0.25) is 0 Å². The van der Waals surface area contributed by atoms with Gasteiger partial charge in [-0.3, -0.25) is 0 Å². The number of rotatable bonds is 1. The molecule has 3 aromatic rings. The summed E-state index contributed by atoms with van der Waals surface area (Å²) in [5.41, 5.74) is 1.63. The van der Waals surface area contributed by atoms with E-state index >= 15 is 0 Å². The quantitative estimate of drug-likeness (QED) is 0.605. The Morgan fingerprint density at radius 1 is 1.06 bits per heavy atom. The van der Waals surface area contributed by atoms with Crippen molar-refractivity contribution in [2.75, 3.05) is 0 Å². The predicted molar refractivity (Wildman–Crippen MR) is 61.0 cm³/mol. The zero-order chi connectivity index (χ0) is 11.0. The van der Waals surface area contributed by atoms with Gasteiger partial charge in [0, 0.05) is 23.5 Å². The maximum absolute atomic E-state index is 13.1. The molecule has 0 bridgehead atoms. The minimum atomic E-state index is -0.240. The summed E-state index contributed by atoms with van der Waals surface area (Å²) in [4.78, 5) is 4.29. The predicted octanol–water partition coefficient (Wildman–Crippen LogP) is 3.16. The van der Waals surface area contributed by atoms with Gasteiger partial charge < -0.3 is 4.57 Å². The summed E-state index contributed by atoms with van der Waals surface area (Å²) in [6, 6.07) is 12.3. The summed E-state index contributed by atoms with van der Waals surface area (Å²) in [5, 5.41) is 1.05. The molecule has 0 fully saturated rings. The van der Waals surface area contributed by atoms with Gasteiger partial charge in [-0.1, -0.05) is 6.07 Å². The van der Waals surface area contributed by atoms with Crippen molar-refractivity contribution in [3.8, 4) is 5.69 Å². The zero-order valence-electron chi connectivity index (χ0n) is 8.47. The van der Waals surface area contributed by atoms with Crippen molar-refractivity contribution >= 4 is 11.0 Å². The largest absolute Gasteiger partial charge is 0.301 e. The van der Waals surface area contributed by atoms with Crippen molar-refractivity contribution in [2.45, 2.75) is 0 Å². The lowest BCUT2D eigenvalue weighted by Crippen LogP contribution is -1.93. The second kappa shape index (κ2) is 3.45. The Hall–Kier alpha value is -2.16. The topological polar surface area (TPSA) is 17.8 Å². The van der Waals surface area contributed by atoms with Gasteiger partial charge in [0.1, 0.15) is 11.5 Å². The fourth-order valence-corrected chi connectivity index (χ4v) is 1.80. The average Bonchev–Trinajstić information content (AvgIpc) is 2.72. The molecule has 0 aliphatic carbocycles. The summed E-state index contributed by atoms with van der Waals surface area (Å²) in [5.74, 6) is -0.240. The molecular formula is C13H9FN2. The number of pyridine rings is 1. The number of hydrogen-bond donors (Lipinski definition) is 0. The van der Waals surface area contributed by atoms with Crippen LogP contribution in [0.3, 0.4) is 0 Å². The van der Waals surface area contributed by atoms with Crippen LogP contribution in [0.15, 0.2) is 54.9 Å². The lowest BCUT2D eigenvalue weighted by Gasteiger charge is -2.04. The highest BCUT2D eigenvalue weighted by Crippen LogP contribution is 2.18. The Morgan fingerprint density at radius 3 is 2.88 bits per heavy atom. The molecule has 2 aromatic heterocycles. The molecule has 0 saturated heterocycles.